The number of alkyl halides is 3. The highest BCUT2D eigenvalue weighted by atomic mass is 19.4. The Bertz CT molecular complexity index is 1320. The Morgan fingerprint density at radius 2 is 1.52 bits per heavy atom. The van der Waals surface area contributed by atoms with Crippen molar-refractivity contribution in [2.75, 3.05) is 20.2 Å². The largest absolute Gasteiger partial charge is 0.496 e. The minimum Gasteiger partial charge on any atom is -0.496 e. The van der Waals surface area contributed by atoms with E-state index in [1.165, 1.54) is 36.4 Å². The van der Waals surface area contributed by atoms with Gasteiger partial charge in [0.05, 0.1) is 7.11 Å². The maximum absolute atomic E-state index is 14.1. The van der Waals surface area contributed by atoms with Crippen molar-refractivity contribution < 1.29 is 17.9 Å². The van der Waals surface area contributed by atoms with Crippen molar-refractivity contribution in [2.45, 2.75) is 49.2 Å². The molecule has 7 nitrogen and oxygen atoms in total. The summed E-state index contributed by atoms with van der Waals surface area (Å²) in [6, 6.07) is 25.8. The zero-order valence-electron chi connectivity index (χ0n) is 22.1. The Kier molecular flexibility index (Phi) is 7.14. The number of hydrogen-bond donors (Lipinski definition) is 1. The van der Waals surface area contributed by atoms with Crippen LogP contribution in [0.15, 0.2) is 99.5 Å². The predicted octanol–water partition coefficient (Wildman–Crippen LogP) is 6.63. The maximum Gasteiger partial charge on any atom is 0.442 e. The van der Waals surface area contributed by atoms with Gasteiger partial charge in [-0.05, 0) is 65.6 Å². The number of methoxy groups -OCH3 is 1. The van der Waals surface area contributed by atoms with Crippen LogP contribution in [0.2, 0.25) is 0 Å². The first-order valence-corrected chi connectivity index (χ1v) is 13.6. The fourth-order valence-electron chi connectivity index (χ4n) is 6.64. The number of benzene rings is 3. The summed E-state index contributed by atoms with van der Waals surface area (Å²) >= 11 is 0. The van der Waals surface area contributed by atoms with E-state index in [4.69, 9.17) is 4.74 Å². The van der Waals surface area contributed by atoms with E-state index in [1.807, 2.05) is 12.1 Å². The van der Waals surface area contributed by atoms with E-state index in [1.54, 1.807) is 0 Å². The lowest BCUT2D eigenvalue weighted by Crippen LogP contribution is -2.64. The number of rotatable bonds is 8. The normalized spacial score (nSPS) is 25.0. The van der Waals surface area contributed by atoms with Gasteiger partial charge in [0.15, 0.2) is 0 Å². The van der Waals surface area contributed by atoms with Crippen LogP contribution >= 0.6 is 0 Å². The molecule has 0 unspecified atom stereocenters. The number of ether oxygens (including phenoxy) is 1. The number of halogens is 3. The quantitative estimate of drug-likeness (QED) is 0.344. The Morgan fingerprint density at radius 1 is 0.925 bits per heavy atom. The van der Waals surface area contributed by atoms with Crippen LogP contribution in [0, 0.1) is 5.92 Å². The van der Waals surface area contributed by atoms with E-state index in [9.17, 15) is 13.2 Å². The fourth-order valence-corrected chi connectivity index (χ4v) is 6.64. The molecule has 0 spiro atoms. The van der Waals surface area contributed by atoms with Crippen molar-refractivity contribution >= 4 is 0 Å². The molecule has 0 saturated carbocycles. The Labute approximate surface area is 231 Å². The third kappa shape index (κ3) is 4.69. The number of piperidine rings is 3. The van der Waals surface area contributed by atoms with Gasteiger partial charge in [-0.3, -0.25) is 4.90 Å². The zero-order chi connectivity index (χ0) is 27.7. The van der Waals surface area contributed by atoms with Gasteiger partial charge in [-0.2, -0.15) is 13.2 Å². The van der Waals surface area contributed by atoms with E-state index in [0.717, 1.165) is 25.9 Å². The van der Waals surface area contributed by atoms with Crippen molar-refractivity contribution in [2.24, 2.45) is 26.6 Å². The summed E-state index contributed by atoms with van der Waals surface area (Å²) in [5.41, 5.74) is 0.132. The molecule has 3 aromatic carbocycles. The van der Waals surface area contributed by atoms with Crippen molar-refractivity contribution in [1.29, 1.82) is 0 Å². The molecule has 4 heterocycles. The molecule has 2 bridgehead atoms. The van der Waals surface area contributed by atoms with Crippen LogP contribution in [-0.4, -0.2) is 43.4 Å². The van der Waals surface area contributed by atoms with E-state index in [0.29, 0.717) is 23.8 Å². The molecule has 0 radical (unpaired) electrons. The second-order valence-electron chi connectivity index (χ2n) is 10.6. The van der Waals surface area contributed by atoms with E-state index >= 15 is 0 Å². The SMILES string of the molecule is COc1ccc(C2(C(F)(F)F)N=NN=N2)cc1CN[C@H]1C2CCN(CC2)[C@H]1C(c1ccccc1)c1ccccc1. The smallest absolute Gasteiger partial charge is 0.442 e. The van der Waals surface area contributed by atoms with Gasteiger partial charge in [0, 0.05) is 35.7 Å². The monoisotopic (exact) mass is 548 g/mol. The topological polar surface area (TPSA) is 73.9 Å². The summed E-state index contributed by atoms with van der Waals surface area (Å²) in [5.74, 6) is 1.10. The Morgan fingerprint density at radius 3 is 2.08 bits per heavy atom. The summed E-state index contributed by atoms with van der Waals surface area (Å²) in [6.07, 6.45) is -2.62. The van der Waals surface area contributed by atoms with E-state index < -0.39 is 11.8 Å². The Balaban J connectivity index is 1.34. The first kappa shape index (κ1) is 26.6. The standard InChI is InChI=1S/C30H31F3N6O/c1-40-25-13-12-24(29(30(31,32)33)35-37-38-36-29)18-23(25)19-34-27-22-14-16-39(17-15-22)28(27)26(20-8-4-2-5-9-20)21-10-6-3-7-11-21/h2-13,18,22,26-28,34H,14-17,19H2,1H3/t27-,28-/m0/s1. The van der Waals surface area contributed by atoms with E-state index in [-0.39, 0.29) is 23.6 Å². The summed E-state index contributed by atoms with van der Waals surface area (Å²) in [7, 11) is 1.52. The highest BCUT2D eigenvalue weighted by molar-refractivity contribution is 5.41. The molecule has 0 amide bonds. The van der Waals surface area contributed by atoms with Crippen molar-refractivity contribution in [3.05, 3.63) is 101 Å². The fraction of sp³-hybridized carbons (Fsp3) is 0.400. The molecular formula is C30H31F3N6O. The van der Waals surface area contributed by atoms with Crippen LogP contribution in [-0.2, 0) is 12.2 Å². The highest BCUT2D eigenvalue weighted by Gasteiger charge is 2.60. The lowest BCUT2D eigenvalue weighted by atomic mass is 9.70. The van der Waals surface area contributed by atoms with E-state index in [2.05, 4.69) is 79.4 Å². The number of nitrogens with one attached hydrogen (secondary N) is 1. The van der Waals surface area contributed by atoms with Crippen LogP contribution in [0.5, 0.6) is 5.75 Å². The van der Waals surface area contributed by atoms with Crippen LogP contribution in [0.4, 0.5) is 13.2 Å². The minimum atomic E-state index is -4.78. The van der Waals surface area contributed by atoms with Gasteiger partial charge in [-0.15, -0.1) is 10.2 Å². The van der Waals surface area contributed by atoms with Gasteiger partial charge in [-0.1, -0.05) is 66.7 Å². The first-order valence-electron chi connectivity index (χ1n) is 13.6. The van der Waals surface area contributed by atoms with Gasteiger partial charge in [0.25, 0.3) is 0 Å². The van der Waals surface area contributed by atoms with Crippen LogP contribution < -0.4 is 10.1 Å². The molecule has 3 aromatic rings. The van der Waals surface area contributed by atoms with Gasteiger partial charge in [-0.25, -0.2) is 0 Å². The average molecular weight is 549 g/mol. The second-order valence-corrected chi connectivity index (χ2v) is 10.6. The van der Waals surface area contributed by atoms with Crippen LogP contribution in [0.25, 0.3) is 0 Å². The molecule has 7 rings (SSSR count). The number of hydrogen-bond acceptors (Lipinski definition) is 7. The highest BCUT2D eigenvalue weighted by Crippen LogP contribution is 2.47. The van der Waals surface area contributed by atoms with Crippen molar-refractivity contribution in [3.8, 4) is 5.75 Å². The molecule has 0 aromatic heterocycles. The third-order valence-electron chi connectivity index (χ3n) is 8.56. The van der Waals surface area contributed by atoms with Gasteiger partial charge in [0.2, 0.25) is 0 Å². The lowest BCUT2D eigenvalue weighted by molar-refractivity contribution is -0.187. The molecule has 3 saturated heterocycles. The molecule has 10 heteroatoms. The van der Waals surface area contributed by atoms with Gasteiger partial charge in [0.1, 0.15) is 5.75 Å². The van der Waals surface area contributed by atoms with Crippen molar-refractivity contribution in [1.82, 2.24) is 10.2 Å². The lowest BCUT2D eigenvalue weighted by Gasteiger charge is -2.54. The van der Waals surface area contributed by atoms with Crippen LogP contribution in [0.3, 0.4) is 0 Å². The second kappa shape index (κ2) is 10.7. The van der Waals surface area contributed by atoms with Gasteiger partial charge < -0.3 is 10.1 Å². The molecule has 3 fully saturated rings. The number of nitrogens with zero attached hydrogens (tertiary/aromatic N) is 5. The Hall–Kier alpha value is -3.63. The predicted molar refractivity (Wildman–Crippen MR) is 144 cm³/mol. The summed E-state index contributed by atoms with van der Waals surface area (Å²) in [6.45, 7) is 2.40. The molecule has 40 heavy (non-hydrogen) atoms. The third-order valence-corrected chi connectivity index (χ3v) is 8.56. The molecule has 4 aliphatic rings. The molecular weight excluding hydrogens is 517 g/mol. The zero-order valence-corrected chi connectivity index (χ0v) is 22.1. The minimum absolute atomic E-state index is 0.128. The molecule has 2 atom stereocenters. The van der Waals surface area contributed by atoms with Crippen LogP contribution in [0.1, 0.15) is 41.0 Å². The molecule has 1 N–H and O–H groups in total. The van der Waals surface area contributed by atoms with Gasteiger partial charge >= 0.3 is 11.8 Å². The maximum atomic E-state index is 14.1. The first-order chi connectivity index (χ1) is 19.4. The summed E-state index contributed by atoms with van der Waals surface area (Å²) < 4.78 is 47.8. The average Bonchev–Trinajstić information content (AvgIpc) is 3.50. The number of fused-ring (bicyclic) bond motifs is 3. The molecule has 4 aliphatic heterocycles. The summed E-state index contributed by atoms with van der Waals surface area (Å²) in [5, 5.41) is 16.9. The van der Waals surface area contributed by atoms with Crippen molar-refractivity contribution in [3.63, 3.8) is 0 Å². The molecule has 208 valence electrons. The summed E-state index contributed by atoms with van der Waals surface area (Å²) in [4.78, 5) is 2.58. The molecule has 0 aliphatic carbocycles.